The van der Waals surface area contributed by atoms with E-state index in [1.165, 1.54) is 19.2 Å². The average molecular weight is 798 g/mol. The lowest BCUT2D eigenvalue weighted by Gasteiger charge is -2.48. The van der Waals surface area contributed by atoms with E-state index in [-0.39, 0.29) is 67.3 Å². The third-order valence-corrected chi connectivity index (χ3v) is 9.76. The highest BCUT2D eigenvalue weighted by atomic mass is 16.8. The number of aliphatic carboxylic acids is 1. The van der Waals surface area contributed by atoms with E-state index in [0.29, 0.717) is 19.3 Å². The number of nitrogens with one attached hydrogen (secondary N) is 2. The maximum atomic E-state index is 13.8. The highest BCUT2D eigenvalue weighted by Gasteiger charge is 2.58. The summed E-state index contributed by atoms with van der Waals surface area (Å²) in [7, 11) is 1.43. The van der Waals surface area contributed by atoms with Gasteiger partial charge in [0.15, 0.2) is 18.4 Å². The minimum Gasteiger partial charge on any atom is -0.478 e. The zero-order valence-electron chi connectivity index (χ0n) is 31.2. The normalized spacial score (nSPS) is 29.1. The summed E-state index contributed by atoms with van der Waals surface area (Å²) in [6, 6.07) is 0. The third-order valence-electron chi connectivity index (χ3n) is 9.76. The van der Waals surface area contributed by atoms with Crippen LogP contribution in [0.2, 0.25) is 0 Å². The van der Waals surface area contributed by atoms with E-state index >= 15 is 0 Å². The van der Waals surface area contributed by atoms with E-state index in [1.807, 2.05) is 0 Å². The number of carbonyl (C=O) groups is 2. The Morgan fingerprint density at radius 1 is 1.18 bits per heavy atom. The number of esters is 1. The number of allylic oxidation sites excluding steroid dienone is 2. The predicted octanol–water partition coefficient (Wildman–Crippen LogP) is -2.80. The van der Waals surface area contributed by atoms with Crippen molar-refractivity contribution >= 4 is 17.9 Å². The molecular weight excluding hydrogens is 742 g/mol. The molecule has 0 amide bonds. The van der Waals surface area contributed by atoms with Gasteiger partial charge in [0.1, 0.15) is 24.5 Å². The first-order valence-corrected chi connectivity index (χ1v) is 18.4. The first-order valence-electron chi connectivity index (χ1n) is 18.4. The van der Waals surface area contributed by atoms with Gasteiger partial charge in [0, 0.05) is 37.4 Å². The standard InChI is InChI=1S/C36H55N5O15/c1-3-22-23(10-9-20-15-41(12-14-43)16-24(31(47)48)28(20)40-35(37)39-11-6-13-42)25(32(49)53-21-7-4-5-8-21)19-52-33(22)56-34-30(55-27(18-45)38-2)36(50,51)29(46)26(17-44)54-34/h3,9-10,15,19,21-23,26-27,29-30,33-34,38,42-46,50-51H,1,4-8,11-14,16-18H2,2H3,(H,47,48)(H3,37,39,40). The zero-order valence-corrected chi connectivity index (χ0v) is 31.2. The summed E-state index contributed by atoms with van der Waals surface area (Å²) < 4.78 is 29.3. The molecule has 1 saturated heterocycles. The molecule has 3 aliphatic heterocycles. The number of nitrogens with zero attached hydrogens (tertiary/aromatic N) is 2. The van der Waals surface area contributed by atoms with Gasteiger partial charge in [0.2, 0.25) is 12.1 Å². The van der Waals surface area contributed by atoms with Crippen molar-refractivity contribution in [1.29, 1.82) is 0 Å². The number of aliphatic imine (C=N–C) groups is 1. The Morgan fingerprint density at radius 3 is 2.52 bits per heavy atom. The van der Waals surface area contributed by atoms with E-state index in [9.17, 15) is 45.3 Å². The van der Waals surface area contributed by atoms with Gasteiger partial charge in [0.25, 0.3) is 0 Å². The minimum absolute atomic E-state index is 0.0405. The van der Waals surface area contributed by atoms with Gasteiger partial charge >= 0.3 is 11.9 Å². The third kappa shape index (κ3) is 10.9. The molecule has 314 valence electrons. The van der Waals surface area contributed by atoms with Crippen LogP contribution >= 0.6 is 0 Å². The van der Waals surface area contributed by atoms with Crippen molar-refractivity contribution in [3.05, 3.63) is 59.7 Å². The Balaban J connectivity index is 1.76. The number of rotatable bonds is 19. The van der Waals surface area contributed by atoms with Crippen LogP contribution in [0.4, 0.5) is 0 Å². The van der Waals surface area contributed by atoms with Crippen LogP contribution < -0.4 is 16.4 Å². The Kier molecular flexibility index (Phi) is 16.8. The molecule has 1 aliphatic carbocycles. The number of nitrogens with two attached hydrogens (primary N) is 1. The molecule has 3 heterocycles. The van der Waals surface area contributed by atoms with Crippen LogP contribution in [0.15, 0.2) is 64.7 Å². The number of β-amino-alcohol motifs (C(OH)–C–C–N with tert-alkyl or cyclic N) is 1. The van der Waals surface area contributed by atoms with Gasteiger partial charge in [-0.2, -0.15) is 0 Å². The van der Waals surface area contributed by atoms with Crippen molar-refractivity contribution < 1.29 is 74.1 Å². The largest absolute Gasteiger partial charge is 0.478 e. The molecule has 8 unspecified atom stereocenters. The topological polar surface area (TPSA) is 308 Å². The number of hydrogen-bond donors (Lipinski definition) is 11. The molecule has 0 aromatic rings. The molecule has 8 atom stereocenters. The van der Waals surface area contributed by atoms with Crippen LogP contribution in [-0.4, -0.2) is 166 Å². The molecule has 0 bridgehead atoms. The first-order chi connectivity index (χ1) is 26.8. The second-order valence-corrected chi connectivity index (χ2v) is 13.6. The number of carboxylic acid groups (broad SMARTS) is 1. The molecule has 12 N–H and O–H groups in total. The smallest absolute Gasteiger partial charge is 0.338 e. The molecule has 0 spiro atoms. The van der Waals surface area contributed by atoms with Crippen LogP contribution in [0.25, 0.3) is 0 Å². The van der Waals surface area contributed by atoms with Gasteiger partial charge in [0.05, 0.1) is 55.4 Å². The molecular formula is C36H55N5O15. The average Bonchev–Trinajstić information content (AvgIpc) is 3.69. The second kappa shape index (κ2) is 21.0. The predicted molar refractivity (Wildman–Crippen MR) is 195 cm³/mol. The number of carboxylic acids is 1. The first kappa shape index (κ1) is 44.8. The van der Waals surface area contributed by atoms with Crippen LogP contribution in [0.3, 0.4) is 0 Å². The molecule has 4 aliphatic rings. The summed E-state index contributed by atoms with van der Waals surface area (Å²) in [5.74, 6) is -7.09. The number of aliphatic hydroxyl groups is 7. The SMILES string of the molecule is C=CC1C(OC2OC(CO)C(O)C(O)(O)C2OC(CO)NC)OC=C(C(=O)OC2CCCC2)C1C=CC1=CN(CCO)CC(C(=O)O)=C1NC(N)=NCCCO. The lowest BCUT2D eigenvalue weighted by atomic mass is 9.83. The van der Waals surface area contributed by atoms with Crippen molar-refractivity contribution in [2.24, 2.45) is 22.6 Å². The molecule has 0 aromatic heterocycles. The number of likely N-dealkylation sites (N-methyl/N-ethyl adjacent to an activating group) is 1. The summed E-state index contributed by atoms with van der Waals surface area (Å²) in [5.41, 5.74) is 6.39. The molecule has 20 heteroatoms. The fraction of sp³-hybridized carbons (Fsp3) is 0.639. The molecule has 20 nitrogen and oxygen atoms in total. The Labute approximate surface area is 323 Å². The van der Waals surface area contributed by atoms with Gasteiger partial charge in [-0.15, -0.1) is 6.58 Å². The highest BCUT2D eigenvalue weighted by molar-refractivity contribution is 5.92. The number of aliphatic hydroxyl groups excluding tert-OH is 5. The lowest BCUT2D eigenvalue weighted by Crippen LogP contribution is -2.69. The van der Waals surface area contributed by atoms with E-state index < -0.39 is 79.9 Å². The van der Waals surface area contributed by atoms with E-state index in [4.69, 9.17) is 34.5 Å². The quantitative estimate of drug-likeness (QED) is 0.0157. The van der Waals surface area contributed by atoms with Crippen molar-refractivity contribution in [2.75, 3.05) is 53.1 Å². The Morgan fingerprint density at radius 2 is 1.91 bits per heavy atom. The molecule has 2 fully saturated rings. The second-order valence-electron chi connectivity index (χ2n) is 13.6. The molecule has 0 aromatic carbocycles. The van der Waals surface area contributed by atoms with Crippen molar-refractivity contribution in [3.8, 4) is 0 Å². The van der Waals surface area contributed by atoms with Crippen molar-refractivity contribution in [1.82, 2.24) is 15.5 Å². The maximum absolute atomic E-state index is 13.8. The fourth-order valence-electron chi connectivity index (χ4n) is 6.72. The van der Waals surface area contributed by atoms with Crippen LogP contribution in [-0.2, 0) is 33.3 Å². The van der Waals surface area contributed by atoms with E-state index in [1.54, 1.807) is 17.2 Å². The van der Waals surface area contributed by atoms with E-state index in [0.717, 1.165) is 19.1 Å². The van der Waals surface area contributed by atoms with Crippen molar-refractivity contribution in [2.45, 2.75) is 81.1 Å². The summed E-state index contributed by atoms with van der Waals surface area (Å²) in [4.78, 5) is 32.0. The van der Waals surface area contributed by atoms with Gasteiger partial charge in [-0.1, -0.05) is 18.2 Å². The Hall–Kier alpha value is -3.93. The van der Waals surface area contributed by atoms with Gasteiger partial charge < -0.3 is 80.5 Å². The molecule has 4 rings (SSSR count). The van der Waals surface area contributed by atoms with Crippen LogP contribution in [0.5, 0.6) is 0 Å². The van der Waals surface area contributed by atoms with Gasteiger partial charge in [-0.05, 0) is 39.2 Å². The Bertz CT molecular complexity index is 1510. The zero-order chi connectivity index (χ0) is 41.0. The van der Waals surface area contributed by atoms with E-state index in [2.05, 4.69) is 22.2 Å². The van der Waals surface area contributed by atoms with Crippen LogP contribution in [0, 0.1) is 11.8 Å². The molecule has 56 heavy (non-hydrogen) atoms. The van der Waals surface area contributed by atoms with Crippen molar-refractivity contribution in [3.63, 3.8) is 0 Å². The summed E-state index contributed by atoms with van der Waals surface area (Å²) in [5, 5.41) is 86.8. The van der Waals surface area contributed by atoms with Gasteiger partial charge in [-0.25, -0.2) is 9.59 Å². The summed E-state index contributed by atoms with van der Waals surface area (Å²) >= 11 is 0. The highest BCUT2D eigenvalue weighted by Crippen LogP contribution is 2.39. The van der Waals surface area contributed by atoms with Gasteiger partial charge in [-0.3, -0.25) is 10.3 Å². The minimum atomic E-state index is -3.07. The maximum Gasteiger partial charge on any atom is 0.338 e. The number of guanidine groups is 1. The monoisotopic (exact) mass is 797 g/mol. The lowest BCUT2D eigenvalue weighted by molar-refractivity contribution is -0.416. The number of hydrogen-bond acceptors (Lipinski definition) is 17. The number of ether oxygens (including phenoxy) is 5. The fourth-order valence-corrected chi connectivity index (χ4v) is 6.72. The summed E-state index contributed by atoms with van der Waals surface area (Å²) in [6.07, 6.45) is 0.468. The summed E-state index contributed by atoms with van der Waals surface area (Å²) in [6.45, 7) is 2.17. The van der Waals surface area contributed by atoms with Crippen LogP contribution in [0.1, 0.15) is 32.1 Å². The molecule has 1 saturated carbocycles. The molecule has 0 radical (unpaired) electrons. The number of carbonyl (C=O) groups excluding carboxylic acids is 1.